The molecule has 35 heavy (non-hydrogen) atoms. The third-order valence-corrected chi connectivity index (χ3v) is 6.70. The van der Waals surface area contributed by atoms with E-state index in [0.29, 0.717) is 29.2 Å². The van der Waals surface area contributed by atoms with Gasteiger partial charge in [0.2, 0.25) is 0 Å². The molecular formula is C27H24BrNO6. The minimum absolute atomic E-state index is 0.0648. The number of phenols is 1. The molecule has 0 saturated carbocycles. The first-order valence-electron chi connectivity index (χ1n) is 10.9. The lowest BCUT2D eigenvalue weighted by atomic mass is 9.94. The fraction of sp³-hybridized carbons (Fsp3) is 0.185. The number of rotatable bonds is 6. The predicted molar refractivity (Wildman–Crippen MR) is 136 cm³/mol. The zero-order valence-electron chi connectivity index (χ0n) is 19.4. The molecule has 1 atom stereocenters. The summed E-state index contributed by atoms with van der Waals surface area (Å²) in [5, 5.41) is 21.5. The fourth-order valence-electron chi connectivity index (χ4n) is 4.02. The number of aryl methyl sites for hydroxylation is 1. The number of anilines is 1. The van der Waals surface area contributed by atoms with Crippen LogP contribution in [0.15, 0.2) is 70.7 Å². The number of hydrogen-bond acceptors (Lipinski definition) is 6. The maximum atomic E-state index is 13.3. The Hall–Kier alpha value is -3.78. The van der Waals surface area contributed by atoms with Gasteiger partial charge in [-0.05, 0) is 73.5 Å². The molecule has 0 spiro atoms. The largest absolute Gasteiger partial charge is 0.507 e. The van der Waals surface area contributed by atoms with Gasteiger partial charge in [0.1, 0.15) is 11.5 Å². The highest BCUT2D eigenvalue weighted by molar-refractivity contribution is 9.10. The van der Waals surface area contributed by atoms with Gasteiger partial charge in [-0.1, -0.05) is 28.1 Å². The summed E-state index contributed by atoms with van der Waals surface area (Å²) in [6.45, 7) is 4.01. The van der Waals surface area contributed by atoms with Gasteiger partial charge < -0.3 is 19.7 Å². The molecule has 4 rings (SSSR count). The standard InChI is InChI=1S/C27H24BrNO6/c1-4-35-22-13-17(8-12-21(22)30)24-23(25(31)16-6-10-19(34-3)11-7-16)26(32)27(33)29(24)18-9-5-15(2)20(28)14-18/h5-14,24,30-31H,4H2,1-3H3/b25-23+. The lowest BCUT2D eigenvalue weighted by Gasteiger charge is -2.26. The van der Waals surface area contributed by atoms with E-state index in [1.54, 1.807) is 55.5 Å². The molecule has 0 aromatic heterocycles. The van der Waals surface area contributed by atoms with Gasteiger partial charge in [0.15, 0.2) is 11.5 Å². The normalized spacial score (nSPS) is 17.0. The van der Waals surface area contributed by atoms with Crippen LogP contribution in [-0.2, 0) is 9.59 Å². The summed E-state index contributed by atoms with van der Waals surface area (Å²) in [5.41, 5.74) is 2.24. The molecule has 8 heteroatoms. The van der Waals surface area contributed by atoms with Crippen LogP contribution in [0.5, 0.6) is 17.2 Å². The Morgan fingerprint density at radius 3 is 2.40 bits per heavy atom. The number of hydrogen-bond donors (Lipinski definition) is 2. The van der Waals surface area contributed by atoms with Crippen LogP contribution < -0.4 is 14.4 Å². The number of carbonyl (C=O) groups is 2. The van der Waals surface area contributed by atoms with Crippen molar-refractivity contribution in [2.45, 2.75) is 19.9 Å². The van der Waals surface area contributed by atoms with Crippen molar-refractivity contribution < 1.29 is 29.3 Å². The minimum Gasteiger partial charge on any atom is -0.507 e. The van der Waals surface area contributed by atoms with Gasteiger partial charge in [0, 0.05) is 15.7 Å². The molecule has 1 amide bonds. The Morgan fingerprint density at radius 2 is 1.77 bits per heavy atom. The summed E-state index contributed by atoms with van der Waals surface area (Å²) in [7, 11) is 1.53. The van der Waals surface area contributed by atoms with E-state index < -0.39 is 17.7 Å². The molecule has 2 N–H and O–H groups in total. The monoisotopic (exact) mass is 537 g/mol. The molecule has 1 aliphatic heterocycles. The summed E-state index contributed by atoms with van der Waals surface area (Å²) in [6.07, 6.45) is 0. The van der Waals surface area contributed by atoms with E-state index >= 15 is 0 Å². The Morgan fingerprint density at radius 1 is 1.06 bits per heavy atom. The van der Waals surface area contributed by atoms with Crippen LogP contribution in [-0.4, -0.2) is 35.6 Å². The highest BCUT2D eigenvalue weighted by Gasteiger charge is 2.47. The number of Topliss-reactive ketones (excluding diaryl/α,β-unsaturated/α-hetero) is 1. The van der Waals surface area contributed by atoms with Gasteiger partial charge in [-0.25, -0.2) is 0 Å². The molecule has 0 radical (unpaired) electrons. The van der Waals surface area contributed by atoms with Crippen molar-refractivity contribution in [3.63, 3.8) is 0 Å². The van der Waals surface area contributed by atoms with Gasteiger partial charge in [-0.2, -0.15) is 0 Å². The first-order valence-corrected chi connectivity index (χ1v) is 11.7. The van der Waals surface area contributed by atoms with Gasteiger partial charge >= 0.3 is 0 Å². The molecule has 7 nitrogen and oxygen atoms in total. The number of aliphatic hydroxyl groups is 1. The summed E-state index contributed by atoms with van der Waals surface area (Å²) >= 11 is 3.49. The number of ketones is 1. The third kappa shape index (κ3) is 4.49. The van der Waals surface area contributed by atoms with E-state index in [0.717, 1.165) is 10.0 Å². The summed E-state index contributed by atoms with van der Waals surface area (Å²) in [4.78, 5) is 28.0. The maximum absolute atomic E-state index is 13.3. The molecule has 3 aromatic carbocycles. The lowest BCUT2D eigenvalue weighted by Crippen LogP contribution is -2.29. The third-order valence-electron chi connectivity index (χ3n) is 5.84. The van der Waals surface area contributed by atoms with Crippen LogP contribution in [0.3, 0.4) is 0 Å². The van der Waals surface area contributed by atoms with Gasteiger partial charge in [-0.3, -0.25) is 14.5 Å². The Bertz CT molecular complexity index is 1330. The van der Waals surface area contributed by atoms with Crippen LogP contribution in [0.25, 0.3) is 5.76 Å². The Kier molecular flexibility index (Phi) is 6.84. The lowest BCUT2D eigenvalue weighted by molar-refractivity contribution is -0.132. The topological polar surface area (TPSA) is 96.3 Å². The average Bonchev–Trinajstić information content (AvgIpc) is 3.12. The van der Waals surface area contributed by atoms with Crippen molar-refractivity contribution in [2.75, 3.05) is 18.6 Å². The predicted octanol–water partition coefficient (Wildman–Crippen LogP) is 5.50. The molecule has 3 aromatic rings. The number of ether oxygens (including phenoxy) is 2. The molecule has 1 aliphatic rings. The number of halogens is 1. The summed E-state index contributed by atoms with van der Waals surface area (Å²) in [6, 6.07) is 15.6. The smallest absolute Gasteiger partial charge is 0.300 e. The van der Waals surface area contributed by atoms with Crippen LogP contribution in [0, 0.1) is 6.92 Å². The van der Waals surface area contributed by atoms with Crippen LogP contribution in [0.1, 0.15) is 29.7 Å². The van der Waals surface area contributed by atoms with E-state index in [2.05, 4.69) is 15.9 Å². The van der Waals surface area contributed by atoms with Crippen molar-refractivity contribution in [1.29, 1.82) is 0 Å². The highest BCUT2D eigenvalue weighted by Crippen LogP contribution is 2.44. The van der Waals surface area contributed by atoms with Gasteiger partial charge in [-0.15, -0.1) is 0 Å². The molecule has 1 saturated heterocycles. The van der Waals surface area contributed by atoms with E-state index in [-0.39, 0.29) is 22.8 Å². The number of amides is 1. The van der Waals surface area contributed by atoms with Crippen LogP contribution in [0.2, 0.25) is 0 Å². The SMILES string of the molecule is CCOc1cc(C2/C(=C(\O)c3ccc(OC)cc3)C(=O)C(=O)N2c2ccc(C)c(Br)c2)ccc1O. The highest BCUT2D eigenvalue weighted by atomic mass is 79.9. The number of methoxy groups -OCH3 is 1. The number of nitrogens with zero attached hydrogens (tertiary/aromatic N) is 1. The van der Waals surface area contributed by atoms with Crippen molar-refractivity contribution in [3.8, 4) is 17.2 Å². The first-order chi connectivity index (χ1) is 16.8. The number of aliphatic hydroxyl groups excluding tert-OH is 1. The molecular weight excluding hydrogens is 514 g/mol. The van der Waals surface area contributed by atoms with E-state index in [9.17, 15) is 19.8 Å². The molecule has 180 valence electrons. The van der Waals surface area contributed by atoms with E-state index in [1.807, 2.05) is 13.0 Å². The number of benzene rings is 3. The maximum Gasteiger partial charge on any atom is 0.300 e. The van der Waals surface area contributed by atoms with Gasteiger partial charge in [0.05, 0.1) is 25.3 Å². The van der Waals surface area contributed by atoms with Crippen LogP contribution >= 0.6 is 15.9 Å². The fourth-order valence-corrected chi connectivity index (χ4v) is 4.39. The summed E-state index contributed by atoms with van der Waals surface area (Å²) < 4.78 is 11.5. The van der Waals surface area contributed by atoms with E-state index in [1.165, 1.54) is 18.1 Å². The minimum atomic E-state index is -0.952. The summed E-state index contributed by atoms with van der Waals surface area (Å²) in [5.74, 6) is -1.16. The zero-order valence-corrected chi connectivity index (χ0v) is 21.0. The average molecular weight is 538 g/mol. The van der Waals surface area contributed by atoms with E-state index in [4.69, 9.17) is 9.47 Å². The quantitative estimate of drug-likeness (QED) is 0.245. The Labute approximate surface area is 211 Å². The Balaban J connectivity index is 1.95. The second-order valence-corrected chi connectivity index (χ2v) is 8.85. The molecule has 0 bridgehead atoms. The van der Waals surface area contributed by atoms with Crippen LogP contribution in [0.4, 0.5) is 5.69 Å². The van der Waals surface area contributed by atoms with Crippen molar-refractivity contribution in [1.82, 2.24) is 0 Å². The number of carbonyl (C=O) groups excluding carboxylic acids is 2. The first kappa shape index (κ1) is 24.3. The van der Waals surface area contributed by atoms with Crippen molar-refractivity contribution in [3.05, 3.63) is 87.4 Å². The van der Waals surface area contributed by atoms with Gasteiger partial charge in [0.25, 0.3) is 11.7 Å². The molecule has 1 heterocycles. The zero-order chi connectivity index (χ0) is 25.3. The van der Waals surface area contributed by atoms with Crippen molar-refractivity contribution in [2.24, 2.45) is 0 Å². The molecule has 1 unspecified atom stereocenters. The number of phenolic OH excluding ortho intramolecular Hbond substituents is 1. The molecule has 0 aliphatic carbocycles. The second-order valence-electron chi connectivity index (χ2n) is 7.99. The second kappa shape index (κ2) is 9.84. The molecule has 1 fully saturated rings. The number of aromatic hydroxyl groups is 1. The van der Waals surface area contributed by atoms with Crippen molar-refractivity contribution >= 4 is 39.1 Å².